The average Bonchev–Trinajstić information content (AvgIpc) is 3.21. The van der Waals surface area contributed by atoms with E-state index in [1.54, 1.807) is 6.07 Å². The molecule has 3 N–H and O–H groups in total. The molecule has 0 radical (unpaired) electrons. The van der Waals surface area contributed by atoms with Crippen LogP contribution in [0.5, 0.6) is 5.75 Å². The highest BCUT2D eigenvalue weighted by molar-refractivity contribution is 6.30. The maximum absolute atomic E-state index is 14.1. The van der Waals surface area contributed by atoms with Gasteiger partial charge in [-0.1, -0.05) is 23.7 Å². The predicted molar refractivity (Wildman–Crippen MR) is 124 cm³/mol. The fourth-order valence-corrected chi connectivity index (χ4v) is 4.86. The van der Waals surface area contributed by atoms with Crippen LogP contribution in [0, 0.1) is 11.9 Å². The fraction of sp³-hybridized carbons (Fsp3) is 0.280. The second-order valence-corrected chi connectivity index (χ2v) is 9.63. The van der Waals surface area contributed by atoms with Gasteiger partial charge >= 0.3 is 0 Å². The highest BCUT2D eigenvalue weighted by atomic mass is 35.5. The normalized spacial score (nSPS) is 18.7. The van der Waals surface area contributed by atoms with Crippen LogP contribution in [0.25, 0.3) is 22.0 Å². The van der Waals surface area contributed by atoms with E-state index in [9.17, 15) is 9.18 Å². The van der Waals surface area contributed by atoms with Crippen LogP contribution < -0.4 is 10.5 Å². The number of nitrogens with two attached hydrogens (primary N) is 1. The van der Waals surface area contributed by atoms with E-state index >= 15 is 0 Å². The van der Waals surface area contributed by atoms with E-state index in [1.165, 1.54) is 6.20 Å². The van der Waals surface area contributed by atoms with E-state index in [-0.39, 0.29) is 17.2 Å². The molecule has 6 rings (SSSR count). The standard InChI is InChI=1S/C25H22ClFN4O2/c26-17-2-4-22-15(8-17)7-16(12-33-22)23(32)20-11-31(13-25(28)5-6-25)21-9-14(1-3-18(20)21)19-10-29-30-24(19)27/h1-4,8-11,16H,5-7,12-13,28H2,(H,29,30). The van der Waals surface area contributed by atoms with Crippen LogP contribution in [-0.4, -0.2) is 32.7 Å². The van der Waals surface area contributed by atoms with E-state index in [0.29, 0.717) is 41.3 Å². The molecule has 8 heteroatoms. The monoisotopic (exact) mass is 464 g/mol. The van der Waals surface area contributed by atoms with Crippen LogP contribution in [0.15, 0.2) is 48.8 Å². The Hall–Kier alpha value is -3.16. The number of H-pyrrole nitrogens is 1. The molecule has 1 fully saturated rings. The molecule has 168 valence electrons. The summed E-state index contributed by atoms with van der Waals surface area (Å²) in [6.07, 6.45) is 5.81. The molecule has 0 amide bonds. The first kappa shape index (κ1) is 20.4. The van der Waals surface area contributed by atoms with Crippen LogP contribution in [0.3, 0.4) is 0 Å². The minimum absolute atomic E-state index is 0.0217. The second-order valence-electron chi connectivity index (χ2n) is 9.19. The van der Waals surface area contributed by atoms with Gasteiger partial charge in [0.1, 0.15) is 5.75 Å². The van der Waals surface area contributed by atoms with Gasteiger partial charge in [0.05, 0.1) is 24.3 Å². The maximum atomic E-state index is 14.1. The number of hydrogen-bond acceptors (Lipinski definition) is 4. The molecule has 2 aromatic carbocycles. The van der Waals surface area contributed by atoms with Gasteiger partial charge in [-0.15, -0.1) is 0 Å². The Labute approximate surface area is 194 Å². The Morgan fingerprint density at radius 3 is 2.91 bits per heavy atom. The van der Waals surface area contributed by atoms with Gasteiger partial charge < -0.3 is 15.0 Å². The molecule has 2 aliphatic rings. The summed E-state index contributed by atoms with van der Waals surface area (Å²) < 4.78 is 22.0. The molecule has 6 nitrogen and oxygen atoms in total. The number of aromatic amines is 1. The van der Waals surface area contributed by atoms with Gasteiger partial charge in [0.2, 0.25) is 5.95 Å². The summed E-state index contributed by atoms with van der Waals surface area (Å²) in [5, 5.41) is 7.57. The van der Waals surface area contributed by atoms with Gasteiger partial charge in [0.25, 0.3) is 0 Å². The predicted octanol–water partition coefficient (Wildman–Crippen LogP) is 4.75. The number of halogens is 2. The average molecular weight is 465 g/mol. The summed E-state index contributed by atoms with van der Waals surface area (Å²) in [6, 6.07) is 11.1. The number of nitrogens with zero attached hydrogens (tertiary/aromatic N) is 2. The molecule has 3 heterocycles. The second kappa shape index (κ2) is 7.43. The number of carbonyl (C=O) groups excluding carboxylic acids is 1. The van der Waals surface area contributed by atoms with Gasteiger partial charge in [-0.25, -0.2) is 0 Å². The highest BCUT2D eigenvalue weighted by Gasteiger charge is 2.39. The summed E-state index contributed by atoms with van der Waals surface area (Å²) in [5.74, 6) is -0.00310. The third-order valence-corrected chi connectivity index (χ3v) is 6.96. The summed E-state index contributed by atoms with van der Waals surface area (Å²) >= 11 is 6.15. The number of carbonyl (C=O) groups is 1. The molecule has 33 heavy (non-hydrogen) atoms. The lowest BCUT2D eigenvalue weighted by molar-refractivity contribution is 0.0856. The molecule has 1 aliphatic carbocycles. The Bertz CT molecular complexity index is 1400. The quantitative estimate of drug-likeness (QED) is 0.417. The van der Waals surface area contributed by atoms with Crippen molar-refractivity contribution in [2.45, 2.75) is 31.3 Å². The largest absolute Gasteiger partial charge is 0.493 e. The van der Waals surface area contributed by atoms with Crippen LogP contribution in [0.2, 0.25) is 5.02 Å². The first-order chi connectivity index (χ1) is 15.9. The Balaban J connectivity index is 1.40. The molecule has 1 aliphatic heterocycles. The maximum Gasteiger partial charge on any atom is 0.216 e. The summed E-state index contributed by atoms with van der Waals surface area (Å²) in [4.78, 5) is 13.6. The van der Waals surface area contributed by atoms with Crippen molar-refractivity contribution >= 4 is 28.3 Å². The first-order valence-corrected chi connectivity index (χ1v) is 11.3. The molecule has 1 atom stereocenters. The minimum Gasteiger partial charge on any atom is -0.493 e. The van der Waals surface area contributed by atoms with Crippen LogP contribution >= 0.6 is 11.6 Å². The minimum atomic E-state index is -0.488. The van der Waals surface area contributed by atoms with Crippen molar-refractivity contribution in [2.75, 3.05) is 6.61 Å². The van der Waals surface area contributed by atoms with Crippen molar-refractivity contribution in [1.29, 1.82) is 0 Å². The molecule has 0 bridgehead atoms. The summed E-state index contributed by atoms with van der Waals surface area (Å²) in [5.41, 5.74) is 9.66. The number of ether oxygens (including phenoxy) is 1. The Morgan fingerprint density at radius 2 is 2.15 bits per heavy atom. The van der Waals surface area contributed by atoms with Gasteiger partial charge in [0, 0.05) is 39.8 Å². The van der Waals surface area contributed by atoms with Crippen molar-refractivity contribution in [3.63, 3.8) is 0 Å². The third kappa shape index (κ3) is 3.61. The molecular formula is C25H22ClFN4O2. The number of aromatic nitrogens is 3. The number of hydrogen-bond donors (Lipinski definition) is 2. The van der Waals surface area contributed by atoms with E-state index in [1.807, 2.05) is 41.1 Å². The van der Waals surface area contributed by atoms with E-state index in [4.69, 9.17) is 22.1 Å². The lowest BCUT2D eigenvalue weighted by atomic mass is 9.89. The zero-order chi connectivity index (χ0) is 22.7. The molecule has 2 aromatic heterocycles. The topological polar surface area (TPSA) is 85.9 Å². The van der Waals surface area contributed by atoms with Crippen molar-refractivity contribution in [1.82, 2.24) is 14.8 Å². The number of rotatable bonds is 5. The smallest absolute Gasteiger partial charge is 0.216 e. The number of Topliss-reactive ketones (excluding diaryl/α,β-unsaturated/α-hetero) is 1. The van der Waals surface area contributed by atoms with Crippen molar-refractivity contribution < 1.29 is 13.9 Å². The van der Waals surface area contributed by atoms with Gasteiger partial charge in [0.15, 0.2) is 5.78 Å². The van der Waals surface area contributed by atoms with Gasteiger partial charge in [-0.2, -0.15) is 9.49 Å². The zero-order valence-electron chi connectivity index (χ0n) is 17.8. The van der Waals surface area contributed by atoms with Crippen LogP contribution in [0.1, 0.15) is 28.8 Å². The van der Waals surface area contributed by atoms with Gasteiger partial charge in [-0.05, 0) is 54.7 Å². The molecule has 0 spiro atoms. The van der Waals surface area contributed by atoms with Crippen LogP contribution in [-0.2, 0) is 13.0 Å². The third-order valence-electron chi connectivity index (χ3n) is 6.73. The molecular weight excluding hydrogens is 443 g/mol. The van der Waals surface area contributed by atoms with Crippen molar-refractivity contribution in [3.8, 4) is 16.9 Å². The molecule has 0 saturated heterocycles. The fourth-order valence-electron chi connectivity index (χ4n) is 4.67. The lowest BCUT2D eigenvalue weighted by Crippen LogP contribution is -2.29. The zero-order valence-corrected chi connectivity index (χ0v) is 18.5. The summed E-state index contributed by atoms with van der Waals surface area (Å²) in [7, 11) is 0. The van der Waals surface area contributed by atoms with E-state index in [0.717, 1.165) is 35.1 Å². The molecule has 1 unspecified atom stereocenters. The summed E-state index contributed by atoms with van der Waals surface area (Å²) in [6.45, 7) is 0.924. The first-order valence-electron chi connectivity index (χ1n) is 11.0. The highest BCUT2D eigenvalue weighted by Crippen LogP contribution is 2.38. The number of nitrogens with one attached hydrogen (secondary N) is 1. The Morgan fingerprint density at radius 1 is 1.30 bits per heavy atom. The van der Waals surface area contributed by atoms with E-state index in [2.05, 4.69) is 10.2 Å². The number of fused-ring (bicyclic) bond motifs is 2. The van der Waals surface area contributed by atoms with E-state index < -0.39 is 5.95 Å². The van der Waals surface area contributed by atoms with Gasteiger partial charge in [-0.3, -0.25) is 9.89 Å². The van der Waals surface area contributed by atoms with Crippen molar-refractivity contribution in [2.24, 2.45) is 11.7 Å². The SMILES string of the molecule is NC1(Cn2cc(C(=O)C3COc4ccc(Cl)cc4C3)c3ccc(-c4cn[nH]c4F)cc32)CC1. The Kier molecular flexibility index (Phi) is 4.61. The van der Waals surface area contributed by atoms with Crippen LogP contribution in [0.4, 0.5) is 4.39 Å². The molecule has 1 saturated carbocycles. The van der Waals surface area contributed by atoms with Crippen molar-refractivity contribution in [3.05, 3.63) is 70.9 Å². The number of ketones is 1. The number of benzene rings is 2. The lowest BCUT2D eigenvalue weighted by Gasteiger charge is -2.24. The molecule has 4 aromatic rings.